The Morgan fingerprint density at radius 2 is 1.91 bits per heavy atom. The lowest BCUT2D eigenvalue weighted by molar-refractivity contribution is -0.140. The van der Waals surface area contributed by atoms with E-state index in [1.807, 2.05) is 13.8 Å². The maximum absolute atomic E-state index is 13.1. The average molecular weight is 495 g/mol. The molecule has 3 rings (SSSR count). The molecular weight excluding hydrogens is 471 g/mol. The summed E-state index contributed by atoms with van der Waals surface area (Å²) in [5.74, 6) is -1.88. The van der Waals surface area contributed by atoms with Gasteiger partial charge in [-0.25, -0.2) is 0 Å². The molecule has 1 aliphatic rings. The van der Waals surface area contributed by atoms with Gasteiger partial charge in [-0.15, -0.1) is 0 Å². The van der Waals surface area contributed by atoms with Crippen molar-refractivity contribution in [1.29, 1.82) is 0 Å². The fourth-order valence-electron chi connectivity index (χ4n) is 3.67. The number of Topliss-reactive ketones (excluding diaryl/α,β-unsaturated/α-hetero) is 1. The Hall–Kier alpha value is -2.81. The summed E-state index contributed by atoms with van der Waals surface area (Å²) in [4.78, 5) is 31.5. The van der Waals surface area contributed by atoms with Crippen LogP contribution in [0.1, 0.15) is 31.0 Å². The molecule has 1 aromatic carbocycles. The van der Waals surface area contributed by atoms with Crippen molar-refractivity contribution in [2.24, 2.45) is 0 Å². The third kappa shape index (κ3) is 4.78. The Morgan fingerprint density at radius 3 is 2.48 bits per heavy atom. The Bertz CT molecular complexity index is 1090. The molecule has 0 bridgehead atoms. The summed E-state index contributed by atoms with van der Waals surface area (Å²) in [6.07, 6.45) is 3.06. The molecule has 1 unspecified atom stereocenters. The van der Waals surface area contributed by atoms with Gasteiger partial charge in [-0.3, -0.25) is 14.6 Å². The molecule has 2 aromatic rings. The Morgan fingerprint density at radius 1 is 1.21 bits per heavy atom. The molecular formula is C23H24Cl2N2O6. The van der Waals surface area contributed by atoms with E-state index in [0.29, 0.717) is 5.56 Å². The minimum atomic E-state index is -0.890. The number of nitrogens with zero attached hydrogens (tertiary/aromatic N) is 2. The lowest BCUT2D eigenvalue weighted by Gasteiger charge is -2.25. The van der Waals surface area contributed by atoms with Crippen LogP contribution in [0.5, 0.6) is 11.5 Å². The molecule has 1 atom stereocenters. The molecule has 1 fully saturated rings. The van der Waals surface area contributed by atoms with E-state index < -0.39 is 23.5 Å². The SMILES string of the molecule is COc1c(Cl)cc(/C(O)=C2\C(=O)C(=O)N(CCOC(C)C)C2c2cccnc2)c(OC)c1Cl. The number of aromatic nitrogens is 1. The van der Waals surface area contributed by atoms with Gasteiger partial charge in [-0.2, -0.15) is 0 Å². The van der Waals surface area contributed by atoms with E-state index in [4.69, 9.17) is 37.4 Å². The maximum atomic E-state index is 13.1. The fourth-order valence-corrected chi connectivity index (χ4v) is 4.36. The minimum Gasteiger partial charge on any atom is -0.507 e. The summed E-state index contributed by atoms with van der Waals surface area (Å²) in [5, 5.41) is 11.4. The van der Waals surface area contributed by atoms with Gasteiger partial charge in [0.2, 0.25) is 0 Å². The normalized spacial score (nSPS) is 17.7. The molecule has 8 nitrogen and oxygen atoms in total. The van der Waals surface area contributed by atoms with Gasteiger partial charge in [0.15, 0.2) is 11.5 Å². The first-order valence-corrected chi connectivity index (χ1v) is 10.9. The second-order valence-corrected chi connectivity index (χ2v) is 8.27. The largest absolute Gasteiger partial charge is 0.507 e. The van der Waals surface area contributed by atoms with E-state index in [-0.39, 0.29) is 51.9 Å². The highest BCUT2D eigenvalue weighted by Gasteiger charge is 2.46. The van der Waals surface area contributed by atoms with E-state index >= 15 is 0 Å². The van der Waals surface area contributed by atoms with Crippen LogP contribution in [0.25, 0.3) is 5.76 Å². The lowest BCUT2D eigenvalue weighted by atomic mass is 9.96. The molecule has 33 heavy (non-hydrogen) atoms. The van der Waals surface area contributed by atoms with E-state index in [1.54, 1.807) is 18.3 Å². The van der Waals surface area contributed by atoms with Gasteiger partial charge in [-0.05, 0) is 31.5 Å². The van der Waals surface area contributed by atoms with E-state index in [2.05, 4.69) is 4.98 Å². The first-order valence-electron chi connectivity index (χ1n) is 10.1. The number of carbonyl (C=O) groups excluding carboxylic acids is 2. The number of methoxy groups -OCH3 is 2. The number of aliphatic hydroxyl groups is 1. The van der Waals surface area contributed by atoms with Crippen LogP contribution < -0.4 is 9.47 Å². The molecule has 10 heteroatoms. The van der Waals surface area contributed by atoms with Gasteiger partial charge < -0.3 is 24.2 Å². The molecule has 1 aromatic heterocycles. The third-order valence-electron chi connectivity index (χ3n) is 5.12. The molecule has 1 N–H and O–H groups in total. The number of halogens is 2. The molecule has 1 saturated heterocycles. The molecule has 0 saturated carbocycles. The second kappa shape index (κ2) is 10.4. The number of hydrogen-bond donors (Lipinski definition) is 1. The van der Waals surface area contributed by atoms with E-state index in [9.17, 15) is 14.7 Å². The van der Waals surface area contributed by atoms with Crippen LogP contribution in [-0.4, -0.2) is 60.2 Å². The number of hydrogen-bond acceptors (Lipinski definition) is 7. The maximum Gasteiger partial charge on any atom is 0.295 e. The van der Waals surface area contributed by atoms with Crippen LogP contribution in [0.3, 0.4) is 0 Å². The first kappa shape index (κ1) is 24.8. The zero-order valence-electron chi connectivity index (χ0n) is 18.6. The summed E-state index contributed by atoms with van der Waals surface area (Å²) >= 11 is 12.6. The first-order chi connectivity index (χ1) is 15.7. The predicted molar refractivity (Wildman–Crippen MR) is 124 cm³/mol. The van der Waals surface area contributed by atoms with Crippen molar-refractivity contribution in [3.8, 4) is 11.5 Å². The molecule has 176 valence electrons. The lowest BCUT2D eigenvalue weighted by Crippen LogP contribution is -2.33. The van der Waals surface area contributed by atoms with Gasteiger partial charge >= 0.3 is 0 Å². The van der Waals surface area contributed by atoms with E-state index in [1.165, 1.54) is 31.4 Å². The van der Waals surface area contributed by atoms with Crippen molar-refractivity contribution < 1.29 is 28.9 Å². The highest BCUT2D eigenvalue weighted by Crippen LogP contribution is 2.47. The zero-order valence-corrected chi connectivity index (χ0v) is 20.1. The van der Waals surface area contributed by atoms with Crippen LogP contribution in [0.2, 0.25) is 10.0 Å². The van der Waals surface area contributed by atoms with Gasteiger partial charge in [0.1, 0.15) is 10.8 Å². The van der Waals surface area contributed by atoms with Crippen LogP contribution in [-0.2, 0) is 14.3 Å². The van der Waals surface area contributed by atoms with Crippen LogP contribution in [0, 0.1) is 0 Å². The smallest absolute Gasteiger partial charge is 0.295 e. The number of carbonyl (C=O) groups is 2. The predicted octanol–water partition coefficient (Wildman–Crippen LogP) is 4.25. The summed E-state index contributed by atoms with van der Waals surface area (Å²) < 4.78 is 16.1. The average Bonchev–Trinajstić information content (AvgIpc) is 3.04. The minimum absolute atomic E-state index is 0.0199. The number of benzene rings is 1. The monoisotopic (exact) mass is 494 g/mol. The molecule has 1 aliphatic heterocycles. The van der Waals surface area contributed by atoms with Crippen molar-refractivity contribution in [3.63, 3.8) is 0 Å². The van der Waals surface area contributed by atoms with Crippen LogP contribution in [0.4, 0.5) is 0 Å². The highest BCUT2D eigenvalue weighted by molar-refractivity contribution is 6.47. The van der Waals surface area contributed by atoms with Crippen molar-refractivity contribution in [2.75, 3.05) is 27.4 Å². The number of pyridine rings is 1. The molecule has 0 aliphatic carbocycles. The fraction of sp³-hybridized carbons (Fsp3) is 0.348. The quantitative estimate of drug-likeness (QED) is 0.332. The van der Waals surface area contributed by atoms with Crippen LogP contribution >= 0.6 is 23.2 Å². The molecule has 0 spiro atoms. The van der Waals surface area contributed by atoms with Gasteiger partial charge in [0.05, 0.1) is 49.1 Å². The summed E-state index contributed by atoms with van der Waals surface area (Å²) in [6, 6.07) is 3.88. The third-order valence-corrected chi connectivity index (χ3v) is 5.74. The van der Waals surface area contributed by atoms with Gasteiger partial charge in [0.25, 0.3) is 11.7 Å². The Kier molecular flexibility index (Phi) is 7.84. The van der Waals surface area contributed by atoms with Gasteiger partial charge in [0, 0.05) is 18.9 Å². The van der Waals surface area contributed by atoms with Gasteiger partial charge in [-0.1, -0.05) is 29.3 Å². The summed E-state index contributed by atoms with van der Waals surface area (Å²) in [6.45, 7) is 4.09. The topological polar surface area (TPSA) is 98.2 Å². The van der Waals surface area contributed by atoms with Crippen molar-refractivity contribution in [2.45, 2.75) is 26.0 Å². The van der Waals surface area contributed by atoms with E-state index in [0.717, 1.165) is 0 Å². The molecule has 0 radical (unpaired) electrons. The van der Waals surface area contributed by atoms with Crippen molar-refractivity contribution in [1.82, 2.24) is 9.88 Å². The molecule has 2 heterocycles. The molecule has 1 amide bonds. The Balaban J connectivity index is 2.20. The number of ether oxygens (including phenoxy) is 3. The number of aliphatic hydroxyl groups excluding tert-OH is 1. The van der Waals surface area contributed by atoms with Crippen molar-refractivity contribution in [3.05, 3.63) is 57.3 Å². The highest BCUT2D eigenvalue weighted by atomic mass is 35.5. The van der Waals surface area contributed by atoms with Crippen molar-refractivity contribution >= 4 is 40.7 Å². The Labute approximate surface area is 201 Å². The zero-order chi connectivity index (χ0) is 24.3. The summed E-state index contributed by atoms with van der Waals surface area (Å²) in [5.41, 5.74) is 0.472. The second-order valence-electron chi connectivity index (χ2n) is 7.48. The number of rotatable bonds is 8. The number of likely N-dealkylation sites (tertiary alicyclic amines) is 1. The number of ketones is 1. The standard InChI is InChI=1S/C23H24Cl2N2O6/c1-12(2)33-9-8-27-18(13-6-5-7-26-11-13)16(20(29)23(27)30)19(28)14-10-15(24)22(32-4)17(25)21(14)31-3/h5-7,10-12,18,28H,8-9H2,1-4H3/b19-16+. The van der Waals surface area contributed by atoms with Crippen LogP contribution in [0.15, 0.2) is 36.2 Å². The number of amides is 1. The summed E-state index contributed by atoms with van der Waals surface area (Å²) in [7, 11) is 2.74.